The lowest BCUT2D eigenvalue weighted by molar-refractivity contribution is 0.281. The van der Waals surface area contributed by atoms with Gasteiger partial charge in [-0.2, -0.15) is 0 Å². The highest BCUT2D eigenvalue weighted by Crippen LogP contribution is 2.07. The van der Waals surface area contributed by atoms with E-state index >= 15 is 0 Å². The van der Waals surface area contributed by atoms with E-state index in [1.807, 2.05) is 42.3 Å². The molecule has 0 radical (unpaired) electrons. The van der Waals surface area contributed by atoms with Crippen LogP contribution in [0.1, 0.15) is 0 Å². The Morgan fingerprint density at radius 1 is 1.44 bits per heavy atom. The molecule has 4 heteroatoms. The van der Waals surface area contributed by atoms with Gasteiger partial charge in [-0.1, -0.05) is 24.1 Å². The van der Waals surface area contributed by atoms with E-state index in [4.69, 9.17) is 11.2 Å². The summed E-state index contributed by atoms with van der Waals surface area (Å²) in [5.41, 5.74) is 0. The minimum absolute atomic E-state index is 0.469. The molecule has 0 saturated heterocycles. The molecular weight excluding hydrogens is 226 g/mol. The minimum Gasteiger partial charge on any atom is -0.492 e. The monoisotopic (exact) mass is 245 g/mol. The van der Waals surface area contributed by atoms with E-state index in [-0.39, 0.29) is 0 Å². The molecule has 0 saturated carbocycles. The van der Waals surface area contributed by atoms with Gasteiger partial charge >= 0.3 is 0 Å². The molecule has 1 N–H and O–H groups in total. The topological polar surface area (TPSA) is 36.9 Å². The number of nitrogens with zero attached hydrogens (tertiary/aromatic N) is 2. The Labute approximate surface area is 109 Å². The predicted molar refractivity (Wildman–Crippen MR) is 74.8 cm³/mol. The van der Waals surface area contributed by atoms with Gasteiger partial charge in [0, 0.05) is 14.1 Å². The summed E-state index contributed by atoms with van der Waals surface area (Å²) >= 11 is 0. The predicted octanol–water partition coefficient (Wildman–Crippen LogP) is 1.21. The zero-order chi connectivity index (χ0) is 13.2. The molecule has 0 aromatic heterocycles. The van der Waals surface area contributed by atoms with Crippen molar-refractivity contribution < 1.29 is 4.74 Å². The van der Waals surface area contributed by atoms with E-state index in [1.54, 1.807) is 7.05 Å². The molecule has 0 aliphatic heterocycles. The third kappa shape index (κ3) is 4.79. The van der Waals surface area contributed by atoms with Crippen molar-refractivity contribution in [3.63, 3.8) is 0 Å². The molecule has 0 fully saturated rings. The SMILES string of the molecule is C#CCNC(=NC)N(C)CCOc1ccccc1. The van der Waals surface area contributed by atoms with Crippen LogP contribution < -0.4 is 10.1 Å². The summed E-state index contributed by atoms with van der Waals surface area (Å²) in [7, 11) is 3.67. The van der Waals surface area contributed by atoms with Crippen LogP contribution in [0.4, 0.5) is 0 Å². The standard InChI is InChI=1S/C14H19N3O/c1-4-10-16-14(15-2)17(3)11-12-18-13-8-6-5-7-9-13/h1,5-9H,10-12H2,2-3H3,(H,15,16). The Morgan fingerprint density at radius 3 is 2.78 bits per heavy atom. The average Bonchev–Trinajstić information content (AvgIpc) is 2.41. The van der Waals surface area contributed by atoms with Crippen LogP contribution in [0, 0.1) is 12.3 Å². The average molecular weight is 245 g/mol. The number of ether oxygens (including phenoxy) is 1. The molecule has 96 valence electrons. The Morgan fingerprint density at radius 2 is 2.17 bits per heavy atom. The van der Waals surface area contributed by atoms with Gasteiger partial charge in [0.15, 0.2) is 5.96 Å². The summed E-state index contributed by atoms with van der Waals surface area (Å²) in [4.78, 5) is 6.10. The number of terminal acetylenes is 1. The Hall–Kier alpha value is -2.15. The van der Waals surface area contributed by atoms with Crippen LogP contribution >= 0.6 is 0 Å². The molecule has 1 aromatic carbocycles. The molecular formula is C14H19N3O. The summed E-state index contributed by atoms with van der Waals surface area (Å²) in [6, 6.07) is 9.74. The first-order valence-corrected chi connectivity index (χ1v) is 5.81. The van der Waals surface area contributed by atoms with Gasteiger partial charge < -0.3 is 15.0 Å². The Kier molecular flexibility index (Phi) is 6.20. The molecule has 0 aliphatic rings. The zero-order valence-electron chi connectivity index (χ0n) is 10.9. The van der Waals surface area contributed by atoms with Crippen LogP contribution in [0.15, 0.2) is 35.3 Å². The van der Waals surface area contributed by atoms with Crippen LogP contribution in [0.5, 0.6) is 5.75 Å². The maximum Gasteiger partial charge on any atom is 0.194 e. The van der Waals surface area contributed by atoms with Crippen molar-refractivity contribution in [3.05, 3.63) is 30.3 Å². The Bertz CT molecular complexity index is 409. The fraction of sp³-hybridized carbons (Fsp3) is 0.357. The van der Waals surface area contributed by atoms with E-state index in [0.717, 1.165) is 18.3 Å². The van der Waals surface area contributed by atoms with Crippen molar-refractivity contribution >= 4 is 5.96 Å². The summed E-state index contributed by atoms with van der Waals surface area (Å²) in [6.45, 7) is 1.80. The van der Waals surface area contributed by atoms with Crippen molar-refractivity contribution in [1.29, 1.82) is 0 Å². The van der Waals surface area contributed by atoms with Crippen molar-refractivity contribution in [1.82, 2.24) is 10.2 Å². The summed E-state index contributed by atoms with van der Waals surface area (Å²) in [6.07, 6.45) is 5.20. The second kappa shape index (κ2) is 8.02. The van der Waals surface area contributed by atoms with Crippen LogP contribution in [0.25, 0.3) is 0 Å². The van der Waals surface area contributed by atoms with Crippen LogP contribution in [-0.2, 0) is 0 Å². The maximum absolute atomic E-state index is 5.61. The van der Waals surface area contributed by atoms with Gasteiger partial charge in [0.1, 0.15) is 12.4 Å². The zero-order valence-corrected chi connectivity index (χ0v) is 10.9. The highest BCUT2D eigenvalue weighted by atomic mass is 16.5. The lowest BCUT2D eigenvalue weighted by Crippen LogP contribution is -2.40. The number of hydrogen-bond acceptors (Lipinski definition) is 2. The van der Waals surface area contributed by atoms with E-state index in [9.17, 15) is 0 Å². The number of rotatable bonds is 5. The second-order valence-corrected chi connectivity index (χ2v) is 3.69. The number of aliphatic imine (C=N–C) groups is 1. The van der Waals surface area contributed by atoms with Crippen molar-refractivity contribution in [2.75, 3.05) is 33.8 Å². The smallest absolute Gasteiger partial charge is 0.194 e. The first kappa shape index (κ1) is 13.9. The highest BCUT2D eigenvalue weighted by molar-refractivity contribution is 5.79. The van der Waals surface area contributed by atoms with Gasteiger partial charge in [0.2, 0.25) is 0 Å². The molecule has 0 spiro atoms. The van der Waals surface area contributed by atoms with Crippen molar-refractivity contribution in [3.8, 4) is 18.1 Å². The fourth-order valence-electron chi connectivity index (χ4n) is 1.44. The van der Waals surface area contributed by atoms with Gasteiger partial charge in [0.05, 0.1) is 13.1 Å². The molecule has 0 heterocycles. The fourth-order valence-corrected chi connectivity index (χ4v) is 1.44. The highest BCUT2D eigenvalue weighted by Gasteiger charge is 2.04. The molecule has 0 aliphatic carbocycles. The van der Waals surface area contributed by atoms with Crippen LogP contribution in [0.2, 0.25) is 0 Å². The molecule has 0 bridgehead atoms. The van der Waals surface area contributed by atoms with Crippen molar-refractivity contribution in [2.45, 2.75) is 0 Å². The van der Waals surface area contributed by atoms with Crippen LogP contribution in [-0.4, -0.2) is 44.7 Å². The third-order valence-electron chi connectivity index (χ3n) is 2.36. The van der Waals surface area contributed by atoms with Gasteiger partial charge in [-0.25, -0.2) is 0 Å². The number of likely N-dealkylation sites (N-methyl/N-ethyl adjacent to an activating group) is 1. The van der Waals surface area contributed by atoms with E-state index in [0.29, 0.717) is 13.2 Å². The molecule has 4 nitrogen and oxygen atoms in total. The summed E-state index contributed by atoms with van der Waals surface area (Å²) < 4.78 is 5.61. The van der Waals surface area contributed by atoms with E-state index in [2.05, 4.69) is 16.2 Å². The lowest BCUT2D eigenvalue weighted by atomic mass is 10.3. The van der Waals surface area contributed by atoms with E-state index in [1.165, 1.54) is 0 Å². The number of para-hydroxylation sites is 1. The van der Waals surface area contributed by atoms with Gasteiger partial charge in [-0.3, -0.25) is 4.99 Å². The summed E-state index contributed by atoms with van der Waals surface area (Å²) in [5.74, 6) is 4.16. The van der Waals surface area contributed by atoms with Gasteiger partial charge in [0.25, 0.3) is 0 Å². The Balaban J connectivity index is 2.32. The third-order valence-corrected chi connectivity index (χ3v) is 2.36. The minimum atomic E-state index is 0.469. The maximum atomic E-state index is 5.61. The normalized spacial score (nSPS) is 10.6. The number of hydrogen-bond donors (Lipinski definition) is 1. The quantitative estimate of drug-likeness (QED) is 0.481. The van der Waals surface area contributed by atoms with E-state index < -0.39 is 0 Å². The van der Waals surface area contributed by atoms with Gasteiger partial charge in [-0.05, 0) is 12.1 Å². The molecule has 0 atom stereocenters. The lowest BCUT2D eigenvalue weighted by Gasteiger charge is -2.21. The van der Waals surface area contributed by atoms with Gasteiger partial charge in [-0.15, -0.1) is 6.42 Å². The number of nitrogens with one attached hydrogen (secondary N) is 1. The summed E-state index contributed by atoms with van der Waals surface area (Å²) in [5, 5.41) is 3.05. The number of benzene rings is 1. The van der Waals surface area contributed by atoms with Crippen LogP contribution in [0.3, 0.4) is 0 Å². The first-order valence-electron chi connectivity index (χ1n) is 5.81. The first-order chi connectivity index (χ1) is 8.77. The molecule has 1 aromatic rings. The van der Waals surface area contributed by atoms with Crippen molar-refractivity contribution in [2.24, 2.45) is 4.99 Å². The second-order valence-electron chi connectivity index (χ2n) is 3.69. The molecule has 1 rings (SSSR count). The number of guanidine groups is 1. The molecule has 0 amide bonds. The molecule has 18 heavy (non-hydrogen) atoms. The molecule has 0 unspecified atom stereocenters. The largest absolute Gasteiger partial charge is 0.492 e.